The van der Waals surface area contributed by atoms with E-state index in [1.165, 1.54) is 11.8 Å². The molecule has 2 N–H and O–H groups in total. The maximum absolute atomic E-state index is 12.7. The number of hydrogen-bond donors (Lipinski definition) is 2. The van der Waals surface area contributed by atoms with Gasteiger partial charge in [-0.2, -0.15) is 4.98 Å². The van der Waals surface area contributed by atoms with Crippen LogP contribution in [0.1, 0.15) is 59.4 Å². The zero-order chi connectivity index (χ0) is 22.7. The number of aryl methyl sites for hydroxylation is 2. The lowest BCUT2D eigenvalue weighted by Gasteiger charge is -2.15. The van der Waals surface area contributed by atoms with Crippen LogP contribution in [0.15, 0.2) is 29.4 Å². The smallest absolute Gasteiger partial charge is 0.253 e. The summed E-state index contributed by atoms with van der Waals surface area (Å²) in [6.07, 6.45) is 7.05. The Balaban J connectivity index is 1.44. The van der Waals surface area contributed by atoms with Gasteiger partial charge in [-0.05, 0) is 57.1 Å². The summed E-state index contributed by atoms with van der Waals surface area (Å²) in [5, 5.41) is 11.1. The number of anilines is 1. The quantitative estimate of drug-likeness (QED) is 0.530. The Hall–Kier alpha value is -2.94. The maximum Gasteiger partial charge on any atom is 0.253 e. The van der Waals surface area contributed by atoms with Crippen LogP contribution in [0, 0.1) is 13.8 Å². The van der Waals surface area contributed by atoms with Crippen molar-refractivity contribution < 1.29 is 9.59 Å². The Labute approximate surface area is 191 Å². The molecule has 2 aromatic heterocycles. The van der Waals surface area contributed by atoms with E-state index in [1.54, 1.807) is 16.6 Å². The van der Waals surface area contributed by atoms with Crippen molar-refractivity contribution in [3.8, 4) is 0 Å². The van der Waals surface area contributed by atoms with Crippen molar-refractivity contribution in [2.24, 2.45) is 0 Å². The highest BCUT2D eigenvalue weighted by molar-refractivity contribution is 7.98. The van der Waals surface area contributed by atoms with E-state index in [9.17, 15) is 9.59 Å². The van der Waals surface area contributed by atoms with Gasteiger partial charge in [-0.15, -0.1) is 5.10 Å². The Morgan fingerprint density at radius 2 is 1.91 bits per heavy atom. The summed E-state index contributed by atoms with van der Waals surface area (Å²) < 4.78 is 1.73. The zero-order valence-corrected chi connectivity index (χ0v) is 19.5. The molecular formula is C23H28N6O2S. The second kappa shape index (κ2) is 9.68. The Kier molecular flexibility index (Phi) is 6.74. The summed E-state index contributed by atoms with van der Waals surface area (Å²) in [5.74, 6) is 0.290. The molecule has 4 rings (SSSR count). The number of carbonyl (C=O) groups excluding carboxylic acids is 2. The largest absolute Gasteiger partial charge is 0.349 e. The van der Waals surface area contributed by atoms with Gasteiger partial charge in [0.05, 0.1) is 11.3 Å². The van der Waals surface area contributed by atoms with Crippen molar-refractivity contribution in [1.82, 2.24) is 24.9 Å². The van der Waals surface area contributed by atoms with Crippen LogP contribution in [0.4, 0.5) is 5.69 Å². The minimum absolute atomic E-state index is 0.134. The van der Waals surface area contributed by atoms with Gasteiger partial charge in [-0.1, -0.05) is 36.7 Å². The summed E-state index contributed by atoms with van der Waals surface area (Å²) in [7, 11) is 0. The lowest BCUT2D eigenvalue weighted by Crippen LogP contribution is -2.33. The van der Waals surface area contributed by atoms with Crippen molar-refractivity contribution >= 4 is 35.0 Å². The number of rotatable bonds is 7. The van der Waals surface area contributed by atoms with Crippen LogP contribution in [0.25, 0.3) is 5.78 Å². The lowest BCUT2D eigenvalue weighted by molar-refractivity contribution is -0.116. The van der Waals surface area contributed by atoms with Crippen LogP contribution in [0.3, 0.4) is 0 Å². The molecule has 0 unspecified atom stereocenters. The molecule has 1 aliphatic rings. The highest BCUT2D eigenvalue weighted by Crippen LogP contribution is 2.21. The van der Waals surface area contributed by atoms with Gasteiger partial charge in [0.2, 0.25) is 11.1 Å². The molecule has 1 aromatic carbocycles. The predicted octanol–water partition coefficient (Wildman–Crippen LogP) is 3.71. The fraction of sp³-hybridized carbons (Fsp3) is 0.435. The van der Waals surface area contributed by atoms with E-state index in [0.717, 1.165) is 42.6 Å². The third-order valence-corrected chi connectivity index (χ3v) is 6.49. The van der Waals surface area contributed by atoms with Crippen molar-refractivity contribution in [3.05, 3.63) is 46.8 Å². The number of thioether (sulfide) groups is 1. The van der Waals surface area contributed by atoms with Crippen LogP contribution in [0.2, 0.25) is 0 Å². The molecule has 2 heterocycles. The van der Waals surface area contributed by atoms with E-state index in [2.05, 4.69) is 25.7 Å². The minimum atomic E-state index is -0.145. The Morgan fingerprint density at radius 3 is 2.66 bits per heavy atom. The minimum Gasteiger partial charge on any atom is -0.349 e. The number of nitrogens with zero attached hydrogens (tertiary/aromatic N) is 4. The highest BCUT2D eigenvalue weighted by Gasteiger charge is 2.20. The van der Waals surface area contributed by atoms with Crippen LogP contribution >= 0.6 is 11.8 Å². The van der Waals surface area contributed by atoms with Gasteiger partial charge in [-0.25, -0.2) is 9.50 Å². The molecule has 0 spiro atoms. The number of amides is 2. The normalized spacial score (nSPS) is 14.1. The highest BCUT2D eigenvalue weighted by atomic mass is 32.2. The number of fused-ring (bicyclic) bond motifs is 1. The molecule has 9 heteroatoms. The van der Waals surface area contributed by atoms with Gasteiger partial charge in [-0.3, -0.25) is 9.59 Å². The van der Waals surface area contributed by atoms with Crippen molar-refractivity contribution in [2.75, 3.05) is 11.6 Å². The van der Waals surface area contributed by atoms with Gasteiger partial charge >= 0.3 is 0 Å². The molecule has 0 saturated heterocycles. The topological polar surface area (TPSA) is 101 Å². The SMILES string of the molecule is CSc1nc2nc(C)c(CCC(=O)Nc3ccccc3C(=O)NC3CCCC3)c(C)n2n1. The van der Waals surface area contributed by atoms with Crippen molar-refractivity contribution in [2.45, 2.75) is 63.6 Å². The molecule has 0 aliphatic heterocycles. The van der Waals surface area contributed by atoms with Crippen molar-refractivity contribution in [3.63, 3.8) is 0 Å². The lowest BCUT2D eigenvalue weighted by atomic mass is 10.1. The summed E-state index contributed by atoms with van der Waals surface area (Å²) in [6.45, 7) is 3.90. The molecule has 8 nitrogen and oxygen atoms in total. The first-order valence-electron chi connectivity index (χ1n) is 10.9. The molecule has 1 fully saturated rings. The van der Waals surface area contributed by atoms with E-state index in [1.807, 2.05) is 32.2 Å². The van der Waals surface area contributed by atoms with Gasteiger partial charge in [0.1, 0.15) is 0 Å². The molecule has 1 saturated carbocycles. The third kappa shape index (κ3) is 4.77. The summed E-state index contributed by atoms with van der Waals surface area (Å²) in [5.41, 5.74) is 3.80. The second-order valence-corrected chi connectivity index (χ2v) is 8.89. The molecule has 0 atom stereocenters. The number of carbonyl (C=O) groups is 2. The van der Waals surface area contributed by atoms with Gasteiger partial charge in [0.15, 0.2) is 0 Å². The van der Waals surface area contributed by atoms with Gasteiger partial charge < -0.3 is 10.6 Å². The average molecular weight is 453 g/mol. The summed E-state index contributed by atoms with van der Waals surface area (Å²) in [4.78, 5) is 34.4. The molecule has 32 heavy (non-hydrogen) atoms. The predicted molar refractivity (Wildman–Crippen MR) is 125 cm³/mol. The molecule has 1 aliphatic carbocycles. The third-order valence-electron chi connectivity index (χ3n) is 5.95. The molecule has 3 aromatic rings. The Bertz CT molecular complexity index is 1150. The first kappa shape index (κ1) is 22.3. The van der Waals surface area contributed by atoms with Gasteiger partial charge in [0.25, 0.3) is 11.7 Å². The summed E-state index contributed by atoms with van der Waals surface area (Å²) in [6, 6.07) is 7.38. The van der Waals surface area contributed by atoms with Crippen molar-refractivity contribution in [1.29, 1.82) is 0 Å². The standard InChI is InChI=1S/C23H28N6O2S/c1-14-17(15(2)29-22(24-14)27-23(28-29)32-3)12-13-20(30)26-19-11-7-6-10-18(19)21(31)25-16-8-4-5-9-16/h6-7,10-11,16H,4-5,8-9,12-13H2,1-3H3,(H,25,31)(H,26,30). The number of hydrogen-bond acceptors (Lipinski definition) is 6. The average Bonchev–Trinajstić information content (AvgIpc) is 3.43. The monoisotopic (exact) mass is 452 g/mol. The van der Waals surface area contributed by atoms with Crippen LogP contribution in [-0.2, 0) is 11.2 Å². The number of benzene rings is 1. The van der Waals surface area contributed by atoms with Crippen LogP contribution < -0.4 is 10.6 Å². The summed E-state index contributed by atoms with van der Waals surface area (Å²) >= 11 is 1.47. The van der Waals surface area contributed by atoms with E-state index in [0.29, 0.717) is 28.6 Å². The fourth-order valence-corrected chi connectivity index (χ4v) is 4.55. The molecule has 168 valence electrons. The molecular weight excluding hydrogens is 424 g/mol. The van der Waals surface area contributed by atoms with Gasteiger partial charge in [0, 0.05) is 23.9 Å². The van der Waals surface area contributed by atoms with E-state index in [4.69, 9.17) is 0 Å². The maximum atomic E-state index is 12.7. The fourth-order valence-electron chi connectivity index (χ4n) is 4.21. The number of aromatic nitrogens is 4. The first-order valence-corrected chi connectivity index (χ1v) is 12.2. The van der Waals surface area contributed by atoms with E-state index in [-0.39, 0.29) is 24.3 Å². The second-order valence-electron chi connectivity index (χ2n) is 8.12. The first-order chi connectivity index (χ1) is 15.5. The molecule has 2 amide bonds. The number of nitrogens with one attached hydrogen (secondary N) is 2. The Morgan fingerprint density at radius 1 is 1.16 bits per heavy atom. The van der Waals surface area contributed by atoms with E-state index >= 15 is 0 Å². The number of para-hydroxylation sites is 1. The molecule has 0 bridgehead atoms. The molecule has 0 radical (unpaired) electrons. The van der Waals surface area contributed by atoms with Crippen LogP contribution in [-0.4, -0.2) is 43.7 Å². The van der Waals surface area contributed by atoms with E-state index < -0.39 is 0 Å². The van der Waals surface area contributed by atoms with Crippen LogP contribution in [0.5, 0.6) is 0 Å². The zero-order valence-electron chi connectivity index (χ0n) is 18.6.